The van der Waals surface area contributed by atoms with Gasteiger partial charge in [-0.15, -0.1) is 0 Å². The van der Waals surface area contributed by atoms with E-state index in [4.69, 9.17) is 27.9 Å². The summed E-state index contributed by atoms with van der Waals surface area (Å²) >= 11 is 14.6. The van der Waals surface area contributed by atoms with Gasteiger partial charge >= 0.3 is 0 Å². The smallest absolute Gasteiger partial charge is 0.288 e. The molecule has 0 aliphatic heterocycles. The Morgan fingerprint density at radius 3 is 2.74 bits per heavy atom. The molecule has 0 atom stereocenters. The van der Waals surface area contributed by atoms with Crippen LogP contribution in [0.1, 0.15) is 0 Å². The van der Waals surface area contributed by atoms with Crippen LogP contribution in [0.25, 0.3) is 0 Å². The highest BCUT2D eigenvalue weighted by atomic mass is 79.9. The number of hydrogen-bond acceptors (Lipinski definition) is 5. The minimum atomic E-state index is -0.580. The maximum absolute atomic E-state index is 10.6. The van der Waals surface area contributed by atoms with Gasteiger partial charge in [0.25, 0.3) is 5.69 Å². The highest BCUT2D eigenvalue weighted by Crippen LogP contribution is 2.32. The molecule has 1 aromatic carbocycles. The minimum Gasteiger partial charge on any atom is -0.438 e. The molecule has 6 nitrogen and oxygen atoms in total. The zero-order chi connectivity index (χ0) is 14.0. The van der Waals surface area contributed by atoms with Crippen LogP contribution >= 0.6 is 39.1 Å². The third kappa shape index (κ3) is 3.31. The average molecular weight is 365 g/mol. The number of nitro groups is 1. The van der Waals surface area contributed by atoms with E-state index in [1.54, 1.807) is 0 Å². The fourth-order valence-corrected chi connectivity index (χ4v) is 1.85. The van der Waals surface area contributed by atoms with Gasteiger partial charge in [0.15, 0.2) is 0 Å². The van der Waals surface area contributed by atoms with Crippen LogP contribution in [0.4, 0.5) is 5.69 Å². The van der Waals surface area contributed by atoms with E-state index in [1.165, 1.54) is 24.4 Å². The number of aromatic nitrogens is 2. The molecule has 0 spiro atoms. The lowest BCUT2D eigenvalue weighted by Crippen LogP contribution is -1.93. The lowest BCUT2D eigenvalue weighted by atomic mass is 10.3. The van der Waals surface area contributed by atoms with Gasteiger partial charge in [0.2, 0.25) is 11.2 Å². The molecule has 0 N–H and O–H groups in total. The van der Waals surface area contributed by atoms with Crippen molar-refractivity contribution in [2.24, 2.45) is 0 Å². The van der Waals surface area contributed by atoms with Gasteiger partial charge in [0.1, 0.15) is 10.8 Å². The van der Waals surface area contributed by atoms with E-state index < -0.39 is 4.92 Å². The molecule has 98 valence electrons. The monoisotopic (exact) mass is 363 g/mol. The van der Waals surface area contributed by atoms with Crippen LogP contribution in [0.2, 0.25) is 10.3 Å². The van der Waals surface area contributed by atoms with Crippen LogP contribution in [0.15, 0.2) is 28.9 Å². The average Bonchev–Trinajstić information content (AvgIpc) is 2.33. The summed E-state index contributed by atoms with van der Waals surface area (Å²) in [6.07, 6.45) is 1.43. The second-order valence-electron chi connectivity index (χ2n) is 3.26. The molecular weight excluding hydrogens is 361 g/mol. The van der Waals surface area contributed by atoms with Crippen LogP contribution in [0, 0.1) is 10.1 Å². The maximum atomic E-state index is 10.6. The van der Waals surface area contributed by atoms with Gasteiger partial charge in [-0.3, -0.25) is 10.1 Å². The minimum absolute atomic E-state index is 0.0196. The Labute approximate surface area is 125 Å². The Morgan fingerprint density at radius 2 is 2.11 bits per heavy atom. The molecule has 0 unspecified atom stereocenters. The number of benzene rings is 1. The van der Waals surface area contributed by atoms with Crippen molar-refractivity contribution in [3.8, 4) is 11.6 Å². The van der Waals surface area contributed by atoms with Gasteiger partial charge in [-0.2, -0.15) is 4.98 Å². The Hall–Kier alpha value is -1.44. The third-order valence-electron chi connectivity index (χ3n) is 2.01. The van der Waals surface area contributed by atoms with Crippen molar-refractivity contribution in [3.63, 3.8) is 0 Å². The van der Waals surface area contributed by atoms with Gasteiger partial charge < -0.3 is 4.74 Å². The van der Waals surface area contributed by atoms with Gasteiger partial charge in [-0.05, 0) is 33.6 Å². The van der Waals surface area contributed by atoms with Crippen LogP contribution in [0.5, 0.6) is 11.6 Å². The molecule has 0 saturated carbocycles. The number of nitrogens with zero attached hydrogens (tertiary/aromatic N) is 3. The zero-order valence-corrected chi connectivity index (χ0v) is 12.1. The van der Waals surface area contributed by atoms with Crippen molar-refractivity contribution in [2.45, 2.75) is 0 Å². The Kier molecular flexibility index (Phi) is 4.18. The first kappa shape index (κ1) is 14.0. The van der Waals surface area contributed by atoms with E-state index in [9.17, 15) is 10.1 Å². The van der Waals surface area contributed by atoms with Crippen molar-refractivity contribution < 1.29 is 9.66 Å². The van der Waals surface area contributed by atoms with Crippen molar-refractivity contribution in [3.05, 3.63) is 49.3 Å². The summed E-state index contributed by atoms with van der Waals surface area (Å²) in [4.78, 5) is 17.7. The lowest BCUT2D eigenvalue weighted by Gasteiger charge is -2.06. The Bertz CT molecular complexity index is 654. The SMILES string of the molecule is O=[N+]([O-])c1ccc(Oc2nc(Cl)ncc2Br)cc1Cl. The predicted molar refractivity (Wildman–Crippen MR) is 72.9 cm³/mol. The standard InChI is InChI=1S/C10H4BrCl2N3O3/c11-6-4-14-10(13)15-9(6)19-5-1-2-8(16(17)18)7(12)3-5/h1-4H. The van der Waals surface area contributed by atoms with Crippen LogP contribution in [-0.2, 0) is 0 Å². The summed E-state index contributed by atoms with van der Waals surface area (Å²) < 4.78 is 5.91. The molecule has 2 rings (SSSR count). The molecule has 1 heterocycles. The predicted octanol–water partition coefficient (Wildman–Crippen LogP) is 4.25. The zero-order valence-electron chi connectivity index (χ0n) is 9.01. The first-order valence-corrected chi connectivity index (χ1v) is 6.32. The summed E-state index contributed by atoms with van der Waals surface area (Å²) in [6.45, 7) is 0. The molecule has 0 radical (unpaired) electrons. The highest BCUT2D eigenvalue weighted by Gasteiger charge is 2.14. The quantitative estimate of drug-likeness (QED) is 0.462. The summed E-state index contributed by atoms with van der Waals surface area (Å²) in [6, 6.07) is 3.98. The van der Waals surface area contributed by atoms with Crippen molar-refractivity contribution >= 4 is 44.8 Å². The topological polar surface area (TPSA) is 78.2 Å². The van der Waals surface area contributed by atoms with Crippen molar-refractivity contribution in [1.82, 2.24) is 9.97 Å². The number of rotatable bonds is 3. The number of hydrogen-bond donors (Lipinski definition) is 0. The number of nitro benzene ring substituents is 1. The van der Waals surface area contributed by atoms with Gasteiger partial charge in [0.05, 0.1) is 9.40 Å². The molecule has 2 aromatic rings. The molecule has 1 aromatic heterocycles. The largest absolute Gasteiger partial charge is 0.438 e. The van der Waals surface area contributed by atoms with E-state index in [-0.39, 0.29) is 21.9 Å². The number of halogens is 3. The molecule has 0 amide bonds. The van der Waals surface area contributed by atoms with E-state index in [0.29, 0.717) is 10.2 Å². The summed E-state index contributed by atoms with van der Waals surface area (Å²) in [7, 11) is 0. The van der Waals surface area contributed by atoms with Crippen LogP contribution < -0.4 is 4.74 Å². The molecule has 0 aliphatic carbocycles. The molecule has 0 saturated heterocycles. The van der Waals surface area contributed by atoms with Gasteiger partial charge in [-0.25, -0.2) is 4.98 Å². The van der Waals surface area contributed by atoms with Crippen molar-refractivity contribution in [2.75, 3.05) is 0 Å². The van der Waals surface area contributed by atoms with Crippen LogP contribution in [-0.4, -0.2) is 14.9 Å². The molecule has 0 bridgehead atoms. The molecule has 19 heavy (non-hydrogen) atoms. The normalized spacial score (nSPS) is 10.3. The molecule has 9 heteroatoms. The van der Waals surface area contributed by atoms with Crippen LogP contribution in [0.3, 0.4) is 0 Å². The molecule has 0 aliphatic rings. The summed E-state index contributed by atoms with van der Waals surface area (Å²) in [5, 5.41) is 10.6. The van der Waals surface area contributed by atoms with E-state index >= 15 is 0 Å². The fourth-order valence-electron chi connectivity index (χ4n) is 1.21. The molecular formula is C10H4BrCl2N3O3. The van der Waals surface area contributed by atoms with Crippen molar-refractivity contribution in [1.29, 1.82) is 0 Å². The Balaban J connectivity index is 2.31. The highest BCUT2D eigenvalue weighted by molar-refractivity contribution is 9.10. The van der Waals surface area contributed by atoms with E-state index in [1.807, 2.05) is 0 Å². The maximum Gasteiger partial charge on any atom is 0.288 e. The van der Waals surface area contributed by atoms with E-state index in [0.717, 1.165) is 0 Å². The first-order chi connectivity index (χ1) is 8.97. The molecule has 0 fully saturated rings. The second-order valence-corrected chi connectivity index (χ2v) is 4.86. The second kappa shape index (κ2) is 5.68. The lowest BCUT2D eigenvalue weighted by molar-refractivity contribution is -0.384. The van der Waals surface area contributed by atoms with Gasteiger partial charge in [-0.1, -0.05) is 11.6 Å². The van der Waals surface area contributed by atoms with E-state index in [2.05, 4.69) is 25.9 Å². The third-order valence-corrected chi connectivity index (χ3v) is 3.04. The number of ether oxygens (including phenoxy) is 1. The summed E-state index contributed by atoms with van der Waals surface area (Å²) in [5.74, 6) is 0.482. The summed E-state index contributed by atoms with van der Waals surface area (Å²) in [5.41, 5.74) is -0.200. The first-order valence-electron chi connectivity index (χ1n) is 4.77. The fraction of sp³-hybridized carbons (Fsp3) is 0. The Morgan fingerprint density at radius 1 is 1.37 bits per heavy atom. The van der Waals surface area contributed by atoms with Gasteiger partial charge in [0, 0.05) is 18.3 Å².